The summed E-state index contributed by atoms with van der Waals surface area (Å²) in [6, 6.07) is 18.5. The van der Waals surface area contributed by atoms with E-state index in [4.69, 9.17) is 9.26 Å². The highest BCUT2D eigenvalue weighted by atomic mass is 16.5. The lowest BCUT2D eigenvalue weighted by Gasteiger charge is -2.26. The lowest BCUT2D eigenvalue weighted by molar-refractivity contribution is -0.125. The minimum absolute atomic E-state index is 0.0664. The number of anilines is 2. The van der Waals surface area contributed by atoms with Gasteiger partial charge in [0.15, 0.2) is 5.76 Å². The van der Waals surface area contributed by atoms with Crippen molar-refractivity contribution in [3.05, 3.63) is 66.4 Å². The Morgan fingerprint density at radius 3 is 2.64 bits per heavy atom. The lowest BCUT2D eigenvalue weighted by Crippen LogP contribution is -2.41. The predicted octanol–water partition coefficient (Wildman–Crippen LogP) is 2.89. The molecule has 1 aliphatic heterocycles. The normalized spacial score (nSPS) is 14.1. The van der Waals surface area contributed by atoms with Crippen molar-refractivity contribution in [3.63, 3.8) is 0 Å². The summed E-state index contributed by atoms with van der Waals surface area (Å²) in [7, 11) is 0. The number of nitrogens with one attached hydrogen (secondary N) is 1. The molecule has 7 heteroatoms. The van der Waals surface area contributed by atoms with Crippen LogP contribution in [0.4, 0.5) is 11.4 Å². The smallest absolute Gasteiger partial charge is 0.253 e. The van der Waals surface area contributed by atoms with Gasteiger partial charge in [0.2, 0.25) is 5.91 Å². The van der Waals surface area contributed by atoms with Crippen LogP contribution in [0.2, 0.25) is 0 Å². The van der Waals surface area contributed by atoms with E-state index in [1.54, 1.807) is 23.1 Å². The Morgan fingerprint density at radius 1 is 1.11 bits per heavy atom. The average Bonchev–Trinajstić information content (AvgIpc) is 3.18. The van der Waals surface area contributed by atoms with Gasteiger partial charge in [-0.25, -0.2) is 0 Å². The molecule has 2 amide bonds. The number of benzene rings is 2. The topological polar surface area (TPSA) is 84.7 Å². The Hall–Kier alpha value is -3.45. The third kappa shape index (κ3) is 4.10. The third-order valence-corrected chi connectivity index (χ3v) is 4.41. The maximum absolute atomic E-state index is 12.3. The van der Waals surface area contributed by atoms with Crippen LogP contribution in [0, 0.1) is 0 Å². The van der Waals surface area contributed by atoms with E-state index in [9.17, 15) is 9.59 Å². The summed E-state index contributed by atoms with van der Waals surface area (Å²) in [5.41, 5.74) is 2.92. The summed E-state index contributed by atoms with van der Waals surface area (Å²) in [5.74, 6) is 0.370. The van der Waals surface area contributed by atoms with E-state index in [1.165, 1.54) is 0 Å². The van der Waals surface area contributed by atoms with Crippen LogP contribution in [-0.2, 0) is 20.7 Å². The van der Waals surface area contributed by atoms with Gasteiger partial charge in [0.1, 0.15) is 6.61 Å². The molecule has 0 spiro atoms. The van der Waals surface area contributed by atoms with Crippen molar-refractivity contribution in [1.29, 1.82) is 0 Å². The summed E-state index contributed by atoms with van der Waals surface area (Å²) < 4.78 is 10.5. The van der Waals surface area contributed by atoms with Crippen molar-refractivity contribution < 1.29 is 18.8 Å². The fourth-order valence-electron chi connectivity index (χ4n) is 3.02. The minimum Gasteiger partial charge on any atom is -0.370 e. The number of hydrogen-bond donors (Lipinski definition) is 1. The lowest BCUT2D eigenvalue weighted by atomic mass is 10.1. The van der Waals surface area contributed by atoms with Crippen LogP contribution < -0.4 is 10.2 Å². The largest absolute Gasteiger partial charge is 0.370 e. The first kappa shape index (κ1) is 17.9. The highest BCUT2D eigenvalue weighted by Gasteiger charge is 2.20. The number of hydrogen-bond acceptors (Lipinski definition) is 5. The maximum Gasteiger partial charge on any atom is 0.253 e. The molecule has 0 aliphatic carbocycles. The van der Waals surface area contributed by atoms with Gasteiger partial charge < -0.3 is 19.5 Å². The molecule has 7 nitrogen and oxygen atoms in total. The molecule has 0 radical (unpaired) electrons. The second kappa shape index (κ2) is 8.06. The SMILES string of the molecule is O=C(Cc1cc(-c2ccccc2)on1)Nc1ccc(N2CCOCC2=O)cc1. The second-order valence-corrected chi connectivity index (χ2v) is 6.42. The average molecular weight is 377 g/mol. The Balaban J connectivity index is 1.36. The number of ether oxygens (including phenoxy) is 1. The zero-order valence-electron chi connectivity index (χ0n) is 15.1. The summed E-state index contributed by atoms with van der Waals surface area (Å²) in [5, 5.41) is 6.80. The number of rotatable bonds is 5. The molecule has 0 bridgehead atoms. The number of amides is 2. The van der Waals surface area contributed by atoms with Gasteiger partial charge in [0, 0.05) is 29.5 Å². The second-order valence-electron chi connectivity index (χ2n) is 6.42. The Kier molecular flexibility index (Phi) is 5.16. The molecule has 2 heterocycles. The molecule has 1 aromatic heterocycles. The van der Waals surface area contributed by atoms with Crippen LogP contribution in [-0.4, -0.2) is 36.7 Å². The molecule has 28 heavy (non-hydrogen) atoms. The quantitative estimate of drug-likeness (QED) is 0.739. The fourth-order valence-corrected chi connectivity index (χ4v) is 3.02. The first-order valence-corrected chi connectivity index (χ1v) is 8.98. The van der Waals surface area contributed by atoms with Crippen molar-refractivity contribution in [2.24, 2.45) is 0 Å². The molecule has 4 rings (SSSR count). The van der Waals surface area contributed by atoms with Crippen LogP contribution in [0.5, 0.6) is 0 Å². The molecule has 1 fully saturated rings. The molecular weight excluding hydrogens is 358 g/mol. The van der Waals surface area contributed by atoms with E-state index in [0.717, 1.165) is 11.3 Å². The van der Waals surface area contributed by atoms with E-state index in [1.807, 2.05) is 42.5 Å². The van der Waals surface area contributed by atoms with E-state index < -0.39 is 0 Å². The molecule has 3 aromatic rings. The van der Waals surface area contributed by atoms with Gasteiger partial charge in [-0.05, 0) is 24.3 Å². The first-order chi connectivity index (χ1) is 13.7. The Bertz CT molecular complexity index is 967. The molecule has 0 atom stereocenters. The van der Waals surface area contributed by atoms with Crippen LogP contribution >= 0.6 is 0 Å². The van der Waals surface area contributed by atoms with Crippen LogP contribution in [0.25, 0.3) is 11.3 Å². The van der Waals surface area contributed by atoms with E-state index >= 15 is 0 Å². The number of carbonyl (C=O) groups is 2. The zero-order valence-corrected chi connectivity index (χ0v) is 15.1. The number of aromatic nitrogens is 1. The van der Waals surface area contributed by atoms with E-state index in [-0.39, 0.29) is 24.8 Å². The molecule has 1 aliphatic rings. The summed E-state index contributed by atoms with van der Waals surface area (Å²) in [6.07, 6.45) is 0.111. The van der Waals surface area contributed by atoms with Crippen molar-refractivity contribution in [2.75, 3.05) is 30.0 Å². The van der Waals surface area contributed by atoms with Crippen LogP contribution in [0.3, 0.4) is 0 Å². The monoisotopic (exact) mass is 377 g/mol. The molecule has 2 aromatic carbocycles. The highest BCUT2D eigenvalue weighted by Crippen LogP contribution is 2.21. The summed E-state index contributed by atoms with van der Waals surface area (Å²) >= 11 is 0. The maximum atomic E-state index is 12.3. The van der Waals surface area contributed by atoms with Gasteiger partial charge in [-0.2, -0.15) is 0 Å². The molecule has 1 N–H and O–H groups in total. The zero-order chi connectivity index (χ0) is 19.3. The predicted molar refractivity (Wildman–Crippen MR) is 104 cm³/mol. The number of nitrogens with zero attached hydrogens (tertiary/aromatic N) is 2. The summed E-state index contributed by atoms with van der Waals surface area (Å²) in [4.78, 5) is 25.8. The van der Waals surface area contributed by atoms with Gasteiger partial charge in [0.25, 0.3) is 5.91 Å². The molecule has 0 saturated carbocycles. The number of carbonyl (C=O) groups excluding carboxylic acids is 2. The van der Waals surface area contributed by atoms with E-state index in [2.05, 4.69) is 10.5 Å². The van der Waals surface area contributed by atoms with Gasteiger partial charge >= 0.3 is 0 Å². The van der Waals surface area contributed by atoms with Crippen LogP contribution in [0.15, 0.2) is 65.2 Å². The van der Waals surface area contributed by atoms with Crippen molar-refractivity contribution in [3.8, 4) is 11.3 Å². The molecular formula is C21H19N3O4. The standard InChI is InChI=1S/C21H19N3O4/c25-20(13-17-12-19(28-23-17)15-4-2-1-3-5-15)22-16-6-8-18(9-7-16)24-10-11-27-14-21(24)26/h1-9,12H,10-11,13-14H2,(H,22,25). The third-order valence-electron chi connectivity index (χ3n) is 4.41. The molecule has 142 valence electrons. The first-order valence-electron chi connectivity index (χ1n) is 8.98. The number of morpholine rings is 1. The van der Waals surface area contributed by atoms with Crippen LogP contribution in [0.1, 0.15) is 5.69 Å². The molecule has 0 unspecified atom stereocenters. The van der Waals surface area contributed by atoms with Gasteiger partial charge in [-0.1, -0.05) is 35.5 Å². The van der Waals surface area contributed by atoms with Gasteiger partial charge in [-0.3, -0.25) is 9.59 Å². The van der Waals surface area contributed by atoms with Crippen molar-refractivity contribution >= 4 is 23.2 Å². The van der Waals surface area contributed by atoms with Gasteiger partial charge in [0.05, 0.1) is 18.7 Å². The van der Waals surface area contributed by atoms with Gasteiger partial charge in [-0.15, -0.1) is 0 Å². The Labute approximate surface area is 161 Å². The highest BCUT2D eigenvalue weighted by molar-refractivity contribution is 5.96. The van der Waals surface area contributed by atoms with Crippen molar-refractivity contribution in [1.82, 2.24) is 5.16 Å². The summed E-state index contributed by atoms with van der Waals surface area (Å²) in [6.45, 7) is 1.15. The molecule has 1 saturated heterocycles. The Morgan fingerprint density at radius 2 is 1.89 bits per heavy atom. The fraction of sp³-hybridized carbons (Fsp3) is 0.190. The van der Waals surface area contributed by atoms with Crippen molar-refractivity contribution in [2.45, 2.75) is 6.42 Å². The minimum atomic E-state index is -0.192. The van der Waals surface area contributed by atoms with E-state index in [0.29, 0.717) is 30.3 Å².